The van der Waals surface area contributed by atoms with Gasteiger partial charge in [0.2, 0.25) is 0 Å². The van der Waals surface area contributed by atoms with E-state index >= 15 is 0 Å². The van der Waals surface area contributed by atoms with Crippen LogP contribution in [0.15, 0.2) is 114 Å². The van der Waals surface area contributed by atoms with Crippen molar-refractivity contribution in [2.75, 3.05) is 0 Å². The molecule has 6 rings (SSSR count). The largest absolute Gasteiger partial charge is 0.298 e. The number of hydrogen-bond acceptors (Lipinski definition) is 6. The van der Waals surface area contributed by atoms with Crippen molar-refractivity contribution in [2.24, 2.45) is 0 Å². The molecule has 0 saturated carbocycles. The summed E-state index contributed by atoms with van der Waals surface area (Å²) in [6.07, 6.45) is 2.65. The van der Waals surface area contributed by atoms with Gasteiger partial charge in [0.15, 0.2) is 0 Å². The van der Waals surface area contributed by atoms with Crippen molar-refractivity contribution in [2.45, 2.75) is 24.8 Å². The molecule has 0 N–H and O–H groups in total. The van der Waals surface area contributed by atoms with Gasteiger partial charge in [0.25, 0.3) is 15.7 Å². The van der Waals surface area contributed by atoms with Crippen molar-refractivity contribution in [3.63, 3.8) is 0 Å². The number of hydrogen-bond donors (Lipinski definition) is 0. The predicted octanol–water partition coefficient (Wildman–Crippen LogP) is 7.38. The monoisotopic (exact) mass is 590 g/mol. The molecule has 0 saturated heterocycles. The third-order valence-corrected chi connectivity index (χ3v) is 9.07. The molecule has 0 fully saturated rings. The van der Waals surface area contributed by atoms with E-state index < -0.39 is 14.9 Å². The predicted molar refractivity (Wildman–Crippen MR) is 165 cm³/mol. The molecular formula is C33H26N4O5S. The van der Waals surface area contributed by atoms with E-state index in [0.29, 0.717) is 39.0 Å². The average Bonchev–Trinajstić information content (AvgIpc) is 3.65. The second-order valence-corrected chi connectivity index (χ2v) is 12.1. The number of rotatable bonds is 8. The standard InChI is InChI=1S/C33H26N4O5S/c1-22(2)35-20-30(33(34-35)25-15-17-26(18-16-25)37(39)40)28-9-6-10-31-29(28)19-32(24-13-11-23(21-38)12-14-24)36(31)43(41,42)27-7-4-3-5-8-27/h3-22H,1-2H3. The van der Waals surface area contributed by atoms with Gasteiger partial charge < -0.3 is 0 Å². The van der Waals surface area contributed by atoms with Crippen molar-refractivity contribution in [1.29, 1.82) is 0 Å². The third-order valence-electron chi connectivity index (χ3n) is 7.33. The van der Waals surface area contributed by atoms with Crippen LogP contribution >= 0.6 is 0 Å². The molecule has 0 aliphatic carbocycles. The molecule has 0 unspecified atom stereocenters. The number of aromatic nitrogens is 3. The molecule has 6 aromatic rings. The molecule has 0 radical (unpaired) electrons. The molecular weight excluding hydrogens is 564 g/mol. The Morgan fingerprint density at radius 2 is 1.51 bits per heavy atom. The lowest BCUT2D eigenvalue weighted by molar-refractivity contribution is -0.384. The Morgan fingerprint density at radius 1 is 0.837 bits per heavy atom. The van der Waals surface area contributed by atoms with Gasteiger partial charge in [-0.05, 0) is 61.4 Å². The summed E-state index contributed by atoms with van der Waals surface area (Å²) in [6.45, 7) is 4.00. The Bertz CT molecular complexity index is 2100. The number of nitro benzene ring substituents is 1. The quantitative estimate of drug-likeness (QED) is 0.104. The van der Waals surface area contributed by atoms with Crippen molar-refractivity contribution in [3.05, 3.63) is 125 Å². The van der Waals surface area contributed by atoms with Gasteiger partial charge in [0, 0.05) is 46.4 Å². The van der Waals surface area contributed by atoms with Crippen LogP contribution in [0.25, 0.3) is 44.5 Å². The van der Waals surface area contributed by atoms with E-state index in [2.05, 4.69) is 0 Å². The molecule has 2 heterocycles. The molecule has 0 spiro atoms. The zero-order chi connectivity index (χ0) is 30.3. The highest BCUT2D eigenvalue weighted by Gasteiger charge is 2.26. The van der Waals surface area contributed by atoms with Crippen molar-refractivity contribution in [1.82, 2.24) is 13.8 Å². The number of nitro groups is 1. The van der Waals surface area contributed by atoms with E-state index in [0.717, 1.165) is 17.4 Å². The highest BCUT2D eigenvalue weighted by Crippen LogP contribution is 2.41. The summed E-state index contributed by atoms with van der Waals surface area (Å²) in [5.41, 5.74) is 4.82. The Morgan fingerprint density at radius 3 is 2.14 bits per heavy atom. The lowest BCUT2D eigenvalue weighted by atomic mass is 9.98. The van der Waals surface area contributed by atoms with Crippen LogP contribution in [0.4, 0.5) is 5.69 Å². The summed E-state index contributed by atoms with van der Waals surface area (Å²) >= 11 is 0. The number of fused-ring (bicyclic) bond motifs is 1. The molecule has 214 valence electrons. The minimum Gasteiger partial charge on any atom is -0.298 e. The highest BCUT2D eigenvalue weighted by molar-refractivity contribution is 7.90. The number of aldehydes is 1. The van der Waals surface area contributed by atoms with E-state index in [9.17, 15) is 23.3 Å². The van der Waals surface area contributed by atoms with E-state index in [1.165, 1.54) is 16.1 Å². The Hall–Kier alpha value is -5.35. The first-order valence-electron chi connectivity index (χ1n) is 13.5. The fourth-order valence-electron chi connectivity index (χ4n) is 5.14. The van der Waals surface area contributed by atoms with Crippen LogP contribution in [0, 0.1) is 10.1 Å². The molecule has 0 atom stereocenters. The zero-order valence-corrected chi connectivity index (χ0v) is 24.1. The summed E-state index contributed by atoms with van der Waals surface area (Å²) in [5.74, 6) is 0. The number of nitrogens with zero attached hydrogens (tertiary/aromatic N) is 4. The smallest absolute Gasteiger partial charge is 0.269 e. The fraction of sp³-hybridized carbons (Fsp3) is 0.0909. The van der Waals surface area contributed by atoms with Crippen LogP contribution in [0.3, 0.4) is 0 Å². The van der Waals surface area contributed by atoms with E-state index in [4.69, 9.17) is 5.10 Å². The minimum absolute atomic E-state index is 0.0240. The maximum absolute atomic E-state index is 14.2. The second-order valence-electron chi connectivity index (χ2n) is 10.4. The average molecular weight is 591 g/mol. The number of benzene rings is 4. The van der Waals surface area contributed by atoms with Gasteiger partial charge >= 0.3 is 0 Å². The summed E-state index contributed by atoms with van der Waals surface area (Å²) in [6, 6.07) is 28.6. The van der Waals surface area contributed by atoms with Gasteiger partial charge in [-0.3, -0.25) is 19.6 Å². The Kier molecular flexibility index (Phi) is 6.99. The van der Waals surface area contributed by atoms with Crippen LogP contribution in [-0.2, 0) is 10.0 Å². The minimum atomic E-state index is -4.04. The van der Waals surface area contributed by atoms with E-state index in [1.807, 2.05) is 36.9 Å². The fourth-order valence-corrected chi connectivity index (χ4v) is 6.69. The zero-order valence-electron chi connectivity index (χ0n) is 23.3. The van der Waals surface area contributed by atoms with Crippen LogP contribution < -0.4 is 0 Å². The number of carbonyl (C=O) groups is 1. The first kappa shape index (κ1) is 27.8. The highest BCUT2D eigenvalue weighted by atomic mass is 32.2. The van der Waals surface area contributed by atoms with Crippen molar-refractivity contribution >= 4 is 32.9 Å². The number of non-ortho nitro benzene ring substituents is 1. The molecule has 4 aromatic carbocycles. The van der Waals surface area contributed by atoms with Gasteiger partial charge in [0.05, 0.1) is 21.0 Å². The second kappa shape index (κ2) is 10.8. The van der Waals surface area contributed by atoms with Gasteiger partial charge in [-0.15, -0.1) is 0 Å². The normalized spacial score (nSPS) is 11.7. The molecule has 2 aromatic heterocycles. The van der Waals surface area contributed by atoms with E-state index in [-0.39, 0.29) is 16.6 Å². The first-order valence-corrected chi connectivity index (χ1v) is 15.0. The van der Waals surface area contributed by atoms with Gasteiger partial charge in [-0.25, -0.2) is 12.4 Å². The van der Waals surface area contributed by atoms with Crippen LogP contribution in [0.5, 0.6) is 0 Å². The number of carbonyl (C=O) groups excluding carboxylic acids is 1. The maximum atomic E-state index is 14.2. The first-order chi connectivity index (χ1) is 20.7. The van der Waals surface area contributed by atoms with Gasteiger partial charge in [0.1, 0.15) is 12.0 Å². The third kappa shape index (κ3) is 4.91. The van der Waals surface area contributed by atoms with Gasteiger partial charge in [-0.2, -0.15) is 5.10 Å². The molecule has 0 bridgehead atoms. The molecule has 0 aliphatic heterocycles. The molecule has 10 heteroatoms. The van der Waals surface area contributed by atoms with Crippen LogP contribution in [0.2, 0.25) is 0 Å². The summed E-state index contributed by atoms with van der Waals surface area (Å²) in [4.78, 5) is 22.3. The SMILES string of the molecule is CC(C)n1cc(-c2cccc3c2cc(-c2ccc(C=O)cc2)n3S(=O)(=O)c2ccccc2)c(-c2ccc([N+](=O)[O-])cc2)n1. The van der Waals surface area contributed by atoms with Crippen LogP contribution in [0.1, 0.15) is 30.2 Å². The molecule has 0 amide bonds. The maximum Gasteiger partial charge on any atom is 0.269 e. The molecule has 0 aliphatic rings. The summed E-state index contributed by atoms with van der Waals surface area (Å²) in [5, 5.41) is 16.8. The lowest BCUT2D eigenvalue weighted by Gasteiger charge is -2.13. The van der Waals surface area contributed by atoms with Crippen molar-refractivity contribution < 1.29 is 18.1 Å². The Labute approximate surface area is 247 Å². The molecule has 43 heavy (non-hydrogen) atoms. The lowest BCUT2D eigenvalue weighted by Crippen LogP contribution is -2.14. The van der Waals surface area contributed by atoms with Gasteiger partial charge in [-0.1, -0.05) is 54.6 Å². The summed E-state index contributed by atoms with van der Waals surface area (Å²) in [7, 11) is -4.04. The molecule has 9 nitrogen and oxygen atoms in total. The topological polar surface area (TPSA) is 117 Å². The van der Waals surface area contributed by atoms with Crippen molar-refractivity contribution in [3.8, 4) is 33.6 Å². The Balaban J connectivity index is 1.64. The summed E-state index contributed by atoms with van der Waals surface area (Å²) < 4.78 is 31.5. The van der Waals surface area contributed by atoms with Crippen LogP contribution in [-0.4, -0.2) is 33.4 Å². The van der Waals surface area contributed by atoms with E-state index in [1.54, 1.807) is 78.9 Å².